The van der Waals surface area contributed by atoms with E-state index in [0.29, 0.717) is 0 Å². The minimum absolute atomic E-state index is 0.109. The lowest BCUT2D eigenvalue weighted by Gasteiger charge is -2.17. The van der Waals surface area contributed by atoms with Crippen LogP contribution in [0.1, 0.15) is 18.5 Å². The van der Waals surface area contributed by atoms with Crippen molar-refractivity contribution < 1.29 is 4.39 Å². The van der Waals surface area contributed by atoms with Crippen LogP contribution >= 0.6 is 38.5 Å². The smallest absolute Gasteiger partial charge is 0.124 e. The van der Waals surface area contributed by atoms with E-state index in [1.165, 1.54) is 15.7 Å². The van der Waals surface area contributed by atoms with Gasteiger partial charge in [-0.1, -0.05) is 28.1 Å². The molecule has 2 rings (SSSR count). The molecule has 0 aliphatic heterocycles. The van der Waals surface area contributed by atoms with Crippen LogP contribution < -0.4 is 5.32 Å². The first kappa shape index (κ1) is 13.8. The zero-order chi connectivity index (χ0) is 13.1. The largest absolute Gasteiger partial charge is 0.378 e. The van der Waals surface area contributed by atoms with Crippen LogP contribution in [0.15, 0.2) is 46.9 Å². The van der Waals surface area contributed by atoms with Crippen LogP contribution in [0.2, 0.25) is 0 Å². The number of rotatable bonds is 3. The molecule has 94 valence electrons. The zero-order valence-corrected chi connectivity index (χ0v) is 13.5. The quantitative estimate of drug-likeness (QED) is 0.660. The lowest BCUT2D eigenvalue weighted by atomic mass is 10.1. The summed E-state index contributed by atoms with van der Waals surface area (Å²) in [5.41, 5.74) is 2.10. The molecule has 1 atom stereocenters. The molecule has 2 aromatic carbocycles. The Morgan fingerprint density at radius 3 is 2.67 bits per heavy atom. The van der Waals surface area contributed by atoms with Crippen molar-refractivity contribution in [3.8, 4) is 0 Å². The van der Waals surface area contributed by atoms with Gasteiger partial charge >= 0.3 is 0 Å². The summed E-state index contributed by atoms with van der Waals surface area (Å²) in [6.07, 6.45) is 0. The van der Waals surface area contributed by atoms with Crippen molar-refractivity contribution in [2.45, 2.75) is 13.0 Å². The van der Waals surface area contributed by atoms with Gasteiger partial charge in [-0.3, -0.25) is 0 Å². The van der Waals surface area contributed by atoms with Gasteiger partial charge in [0.2, 0.25) is 0 Å². The highest BCUT2D eigenvalue weighted by atomic mass is 127. The molecule has 1 nitrogen and oxygen atoms in total. The molecule has 0 saturated heterocycles. The molecule has 4 heteroatoms. The van der Waals surface area contributed by atoms with E-state index in [2.05, 4.69) is 56.8 Å². The van der Waals surface area contributed by atoms with Gasteiger partial charge in [0.15, 0.2) is 0 Å². The highest BCUT2D eigenvalue weighted by Crippen LogP contribution is 2.27. The average molecular weight is 420 g/mol. The Morgan fingerprint density at radius 2 is 2.00 bits per heavy atom. The van der Waals surface area contributed by atoms with E-state index in [1.54, 1.807) is 6.07 Å². The summed E-state index contributed by atoms with van der Waals surface area (Å²) in [4.78, 5) is 0. The number of hydrogen-bond donors (Lipinski definition) is 1. The molecule has 0 radical (unpaired) electrons. The van der Waals surface area contributed by atoms with Gasteiger partial charge in [0, 0.05) is 19.8 Å². The third-order valence-electron chi connectivity index (χ3n) is 2.64. The Morgan fingerprint density at radius 1 is 1.22 bits per heavy atom. The van der Waals surface area contributed by atoms with Gasteiger partial charge in [-0.2, -0.15) is 0 Å². The normalized spacial score (nSPS) is 12.2. The molecule has 0 aromatic heterocycles. The fraction of sp³-hybridized carbons (Fsp3) is 0.143. The highest BCUT2D eigenvalue weighted by molar-refractivity contribution is 14.1. The van der Waals surface area contributed by atoms with E-state index in [0.717, 1.165) is 15.7 Å². The molecular formula is C14H12BrFIN. The summed E-state index contributed by atoms with van der Waals surface area (Å²) in [6, 6.07) is 13.0. The number of benzene rings is 2. The molecule has 0 saturated carbocycles. The Labute approximate surface area is 128 Å². The van der Waals surface area contributed by atoms with Crippen molar-refractivity contribution in [3.05, 3.63) is 61.9 Å². The van der Waals surface area contributed by atoms with Gasteiger partial charge in [0.1, 0.15) is 5.82 Å². The van der Waals surface area contributed by atoms with Crippen LogP contribution in [0.3, 0.4) is 0 Å². The monoisotopic (exact) mass is 419 g/mol. The van der Waals surface area contributed by atoms with E-state index in [4.69, 9.17) is 0 Å². The van der Waals surface area contributed by atoms with Crippen molar-refractivity contribution in [1.82, 2.24) is 0 Å². The third-order valence-corrected chi connectivity index (χ3v) is 3.99. The van der Waals surface area contributed by atoms with Crippen molar-refractivity contribution in [2.75, 3.05) is 5.32 Å². The second-order valence-corrected chi connectivity index (χ2v) is 6.14. The summed E-state index contributed by atoms with van der Waals surface area (Å²) in [5.74, 6) is -0.230. The first-order valence-electron chi connectivity index (χ1n) is 5.53. The van der Waals surface area contributed by atoms with Crippen molar-refractivity contribution in [1.29, 1.82) is 0 Å². The Balaban J connectivity index is 2.19. The van der Waals surface area contributed by atoms with Crippen molar-refractivity contribution in [3.63, 3.8) is 0 Å². The van der Waals surface area contributed by atoms with Crippen molar-refractivity contribution in [2.24, 2.45) is 0 Å². The number of nitrogens with one attached hydrogen (secondary N) is 1. The molecule has 0 aliphatic carbocycles. The average Bonchev–Trinajstić information content (AvgIpc) is 2.28. The molecule has 0 amide bonds. The molecule has 0 aliphatic rings. The van der Waals surface area contributed by atoms with Crippen molar-refractivity contribution >= 4 is 44.2 Å². The molecule has 0 spiro atoms. The Kier molecular flexibility index (Phi) is 4.61. The van der Waals surface area contributed by atoms with E-state index < -0.39 is 0 Å². The summed E-state index contributed by atoms with van der Waals surface area (Å²) >= 11 is 5.67. The summed E-state index contributed by atoms with van der Waals surface area (Å²) < 4.78 is 15.0. The SMILES string of the molecule is CC(Nc1cccc(I)c1)c1ccc(F)cc1Br. The number of anilines is 1. The Hall–Kier alpha value is -0.620. The van der Waals surface area contributed by atoms with E-state index >= 15 is 0 Å². The number of hydrogen-bond acceptors (Lipinski definition) is 1. The van der Waals surface area contributed by atoms with Gasteiger partial charge in [0.05, 0.1) is 0 Å². The van der Waals surface area contributed by atoms with Gasteiger partial charge in [0.25, 0.3) is 0 Å². The van der Waals surface area contributed by atoms with Crippen LogP contribution in [-0.2, 0) is 0 Å². The van der Waals surface area contributed by atoms with E-state index in [-0.39, 0.29) is 11.9 Å². The minimum atomic E-state index is -0.230. The van der Waals surface area contributed by atoms with Gasteiger partial charge < -0.3 is 5.32 Å². The molecule has 2 aromatic rings. The van der Waals surface area contributed by atoms with Crippen LogP contribution in [0, 0.1) is 9.39 Å². The minimum Gasteiger partial charge on any atom is -0.378 e. The van der Waals surface area contributed by atoms with Crippen LogP contribution in [-0.4, -0.2) is 0 Å². The predicted molar refractivity (Wildman–Crippen MR) is 85.3 cm³/mol. The van der Waals surface area contributed by atoms with Gasteiger partial charge in [-0.15, -0.1) is 0 Å². The first-order chi connectivity index (χ1) is 8.56. The maximum absolute atomic E-state index is 13.0. The molecule has 18 heavy (non-hydrogen) atoms. The van der Waals surface area contributed by atoms with Crippen LogP contribution in [0.5, 0.6) is 0 Å². The fourth-order valence-electron chi connectivity index (χ4n) is 1.76. The number of halogens is 3. The summed E-state index contributed by atoms with van der Waals surface area (Å²) in [7, 11) is 0. The van der Waals surface area contributed by atoms with Crippen LogP contribution in [0.4, 0.5) is 10.1 Å². The van der Waals surface area contributed by atoms with Crippen LogP contribution in [0.25, 0.3) is 0 Å². The molecule has 1 unspecified atom stereocenters. The molecule has 0 fully saturated rings. The van der Waals surface area contributed by atoms with E-state index in [9.17, 15) is 4.39 Å². The Bertz CT molecular complexity index is 559. The lowest BCUT2D eigenvalue weighted by molar-refractivity contribution is 0.625. The third kappa shape index (κ3) is 3.45. The standard InChI is InChI=1S/C14H12BrFIN/c1-9(13-6-5-10(16)7-14(13)15)18-12-4-2-3-11(17)8-12/h2-9,18H,1H3. The summed E-state index contributed by atoms with van der Waals surface area (Å²) in [5, 5.41) is 3.40. The maximum Gasteiger partial charge on any atom is 0.124 e. The van der Waals surface area contributed by atoms with Gasteiger partial charge in [-0.05, 0) is 65.4 Å². The topological polar surface area (TPSA) is 12.0 Å². The second-order valence-electron chi connectivity index (χ2n) is 4.04. The molecule has 1 N–H and O–H groups in total. The second kappa shape index (κ2) is 6.02. The maximum atomic E-state index is 13.0. The fourth-order valence-corrected chi connectivity index (χ4v) is 3.00. The van der Waals surface area contributed by atoms with Gasteiger partial charge in [-0.25, -0.2) is 4.39 Å². The molecule has 0 bridgehead atoms. The highest BCUT2D eigenvalue weighted by Gasteiger charge is 2.10. The predicted octanol–water partition coefficient (Wildman–Crippen LogP) is 5.37. The van der Waals surface area contributed by atoms with E-state index in [1.807, 2.05) is 18.2 Å². The molecular weight excluding hydrogens is 408 g/mol. The zero-order valence-electron chi connectivity index (χ0n) is 9.75. The summed E-state index contributed by atoms with van der Waals surface area (Å²) in [6.45, 7) is 2.05. The first-order valence-corrected chi connectivity index (χ1v) is 7.40. The molecule has 0 heterocycles. The lowest BCUT2D eigenvalue weighted by Crippen LogP contribution is -2.07.